The average molecular weight is 200 g/mol. The number of carbonyl (C=O) groups excluding carboxylic acids is 2. The van der Waals surface area contributed by atoms with Crippen molar-refractivity contribution in [2.75, 3.05) is 6.61 Å². The number of ether oxygens (including phenoxy) is 1. The second-order valence-corrected chi connectivity index (χ2v) is 3.15. The zero-order valence-corrected chi connectivity index (χ0v) is 7.76. The van der Waals surface area contributed by atoms with E-state index in [1.54, 1.807) is 6.92 Å². The van der Waals surface area contributed by atoms with Gasteiger partial charge in [-0.3, -0.25) is 4.79 Å². The van der Waals surface area contributed by atoms with Gasteiger partial charge in [-0.1, -0.05) is 0 Å². The Kier molecular flexibility index (Phi) is 2.97. The van der Waals surface area contributed by atoms with Crippen LogP contribution in [0.4, 0.5) is 0 Å². The molecule has 0 bridgehead atoms. The third kappa shape index (κ3) is 2.25. The minimum absolute atomic E-state index is 0.114. The zero-order chi connectivity index (χ0) is 9.84. The lowest BCUT2D eigenvalue weighted by Gasteiger charge is -1.95. The van der Waals surface area contributed by atoms with Gasteiger partial charge in [0.1, 0.15) is 4.88 Å². The smallest absolute Gasteiger partial charge is 0.349 e. The minimum Gasteiger partial charge on any atom is -0.462 e. The van der Waals surface area contributed by atoms with E-state index in [0.717, 1.165) is 11.3 Å². The Balaban J connectivity index is 2.79. The van der Waals surface area contributed by atoms with Gasteiger partial charge in [0.25, 0.3) is 5.91 Å². The number of thiazole rings is 1. The first-order valence-electron chi connectivity index (χ1n) is 3.58. The van der Waals surface area contributed by atoms with Gasteiger partial charge in [-0.2, -0.15) is 0 Å². The van der Waals surface area contributed by atoms with E-state index < -0.39 is 11.9 Å². The van der Waals surface area contributed by atoms with Crippen LogP contribution < -0.4 is 5.73 Å². The van der Waals surface area contributed by atoms with Gasteiger partial charge < -0.3 is 10.5 Å². The molecular weight excluding hydrogens is 192 g/mol. The molecule has 5 nitrogen and oxygen atoms in total. The summed E-state index contributed by atoms with van der Waals surface area (Å²) in [5, 5.41) is 0.114. The molecule has 2 N–H and O–H groups in total. The Hall–Kier alpha value is -1.43. The van der Waals surface area contributed by atoms with Crippen molar-refractivity contribution in [3.63, 3.8) is 0 Å². The highest BCUT2D eigenvalue weighted by atomic mass is 32.1. The fourth-order valence-electron chi connectivity index (χ4n) is 0.685. The number of nitrogens with two attached hydrogens (primary N) is 1. The summed E-state index contributed by atoms with van der Waals surface area (Å²) in [5.41, 5.74) is 4.96. The molecule has 0 aliphatic carbocycles. The van der Waals surface area contributed by atoms with Gasteiger partial charge in [-0.15, -0.1) is 11.3 Å². The van der Waals surface area contributed by atoms with Crippen molar-refractivity contribution in [3.05, 3.63) is 16.1 Å². The van der Waals surface area contributed by atoms with Crippen LogP contribution >= 0.6 is 11.3 Å². The maximum absolute atomic E-state index is 11.1. The third-order valence-electron chi connectivity index (χ3n) is 1.19. The Morgan fingerprint density at radius 3 is 2.85 bits per heavy atom. The van der Waals surface area contributed by atoms with Gasteiger partial charge in [-0.25, -0.2) is 9.78 Å². The van der Waals surface area contributed by atoms with E-state index in [-0.39, 0.29) is 9.88 Å². The second kappa shape index (κ2) is 3.99. The third-order valence-corrected chi connectivity index (χ3v) is 2.19. The van der Waals surface area contributed by atoms with Crippen LogP contribution in [0.5, 0.6) is 0 Å². The number of hydrogen-bond donors (Lipinski definition) is 1. The molecule has 0 radical (unpaired) electrons. The first-order valence-corrected chi connectivity index (χ1v) is 4.39. The van der Waals surface area contributed by atoms with Crippen LogP contribution in [0, 0.1) is 0 Å². The number of primary amides is 1. The lowest BCUT2D eigenvalue weighted by Crippen LogP contribution is -2.09. The first-order chi connectivity index (χ1) is 6.15. The van der Waals surface area contributed by atoms with E-state index in [2.05, 4.69) is 4.98 Å². The average Bonchev–Trinajstić information content (AvgIpc) is 2.52. The lowest BCUT2D eigenvalue weighted by atomic mass is 10.5. The Bertz CT molecular complexity index is 334. The normalized spacial score (nSPS) is 9.62. The summed E-state index contributed by atoms with van der Waals surface area (Å²) in [6.45, 7) is 2.00. The molecular formula is C7H8N2O3S. The maximum atomic E-state index is 11.1. The van der Waals surface area contributed by atoms with Crippen LogP contribution in [0.3, 0.4) is 0 Å². The molecule has 0 fully saturated rings. The van der Waals surface area contributed by atoms with E-state index in [0.29, 0.717) is 6.61 Å². The van der Waals surface area contributed by atoms with Gasteiger partial charge in [0.15, 0.2) is 5.01 Å². The highest BCUT2D eigenvalue weighted by Crippen LogP contribution is 2.13. The van der Waals surface area contributed by atoms with Crippen LogP contribution in [0.2, 0.25) is 0 Å². The van der Waals surface area contributed by atoms with Crippen LogP contribution in [-0.4, -0.2) is 23.5 Å². The minimum atomic E-state index is -0.638. The van der Waals surface area contributed by atoms with Gasteiger partial charge in [0.2, 0.25) is 0 Å². The summed E-state index contributed by atoms with van der Waals surface area (Å²) in [7, 11) is 0. The van der Waals surface area contributed by atoms with Crippen molar-refractivity contribution in [3.8, 4) is 0 Å². The highest BCUT2D eigenvalue weighted by Gasteiger charge is 2.13. The number of rotatable bonds is 3. The summed E-state index contributed by atoms with van der Waals surface area (Å²) >= 11 is 0.929. The van der Waals surface area contributed by atoms with Crippen molar-refractivity contribution in [1.82, 2.24) is 4.98 Å². The summed E-state index contributed by atoms with van der Waals surface area (Å²) in [5.74, 6) is -1.12. The summed E-state index contributed by atoms with van der Waals surface area (Å²) in [6, 6.07) is 0. The van der Waals surface area contributed by atoms with E-state index in [1.165, 1.54) is 6.20 Å². The van der Waals surface area contributed by atoms with Crippen molar-refractivity contribution in [2.24, 2.45) is 5.73 Å². The molecule has 0 atom stereocenters. The molecule has 13 heavy (non-hydrogen) atoms. The monoisotopic (exact) mass is 200 g/mol. The fraction of sp³-hybridized carbons (Fsp3) is 0.286. The molecule has 0 aromatic carbocycles. The number of carbonyl (C=O) groups is 2. The Morgan fingerprint density at radius 1 is 1.69 bits per heavy atom. The van der Waals surface area contributed by atoms with Gasteiger partial charge >= 0.3 is 5.97 Å². The zero-order valence-electron chi connectivity index (χ0n) is 6.94. The number of aromatic nitrogens is 1. The molecule has 70 valence electrons. The molecule has 0 saturated carbocycles. The Labute approximate surface area is 78.5 Å². The predicted molar refractivity (Wildman–Crippen MR) is 46.6 cm³/mol. The largest absolute Gasteiger partial charge is 0.462 e. The van der Waals surface area contributed by atoms with Crippen molar-refractivity contribution >= 4 is 23.2 Å². The van der Waals surface area contributed by atoms with Crippen LogP contribution in [0.25, 0.3) is 0 Å². The van der Waals surface area contributed by atoms with E-state index in [9.17, 15) is 9.59 Å². The van der Waals surface area contributed by atoms with Gasteiger partial charge in [0, 0.05) is 0 Å². The SMILES string of the molecule is CCOC(=O)c1cnc(C(N)=O)s1. The molecule has 1 aromatic heterocycles. The van der Waals surface area contributed by atoms with Crippen LogP contribution in [0.1, 0.15) is 26.4 Å². The topological polar surface area (TPSA) is 82.3 Å². The molecule has 0 spiro atoms. The highest BCUT2D eigenvalue weighted by molar-refractivity contribution is 7.15. The van der Waals surface area contributed by atoms with Crippen LogP contribution in [0.15, 0.2) is 6.20 Å². The standard InChI is InChI=1S/C7H8N2O3S/c1-2-12-7(11)4-3-9-6(13-4)5(8)10/h3H,2H2,1H3,(H2,8,10). The maximum Gasteiger partial charge on any atom is 0.349 e. The molecule has 0 aliphatic rings. The molecule has 1 heterocycles. The first kappa shape index (κ1) is 9.66. The number of nitrogens with zero attached hydrogens (tertiary/aromatic N) is 1. The number of esters is 1. The predicted octanol–water partition coefficient (Wildman–Crippen LogP) is 0.419. The molecule has 0 unspecified atom stereocenters. The van der Waals surface area contributed by atoms with E-state index in [4.69, 9.17) is 10.5 Å². The number of amides is 1. The Morgan fingerprint density at radius 2 is 2.38 bits per heavy atom. The quantitative estimate of drug-likeness (QED) is 0.717. The van der Waals surface area contributed by atoms with Crippen molar-refractivity contribution in [1.29, 1.82) is 0 Å². The summed E-state index contributed by atoms with van der Waals surface area (Å²) in [6.07, 6.45) is 1.28. The molecule has 1 amide bonds. The summed E-state index contributed by atoms with van der Waals surface area (Å²) < 4.78 is 4.70. The molecule has 1 aromatic rings. The molecule has 6 heteroatoms. The van der Waals surface area contributed by atoms with Crippen molar-refractivity contribution < 1.29 is 14.3 Å². The van der Waals surface area contributed by atoms with E-state index in [1.807, 2.05) is 0 Å². The second-order valence-electron chi connectivity index (χ2n) is 2.11. The molecule has 0 saturated heterocycles. The number of hydrogen-bond acceptors (Lipinski definition) is 5. The van der Waals surface area contributed by atoms with Gasteiger partial charge in [0.05, 0.1) is 12.8 Å². The summed E-state index contributed by atoms with van der Waals surface area (Å²) in [4.78, 5) is 25.6. The molecule has 1 rings (SSSR count). The van der Waals surface area contributed by atoms with E-state index >= 15 is 0 Å². The van der Waals surface area contributed by atoms with Gasteiger partial charge in [-0.05, 0) is 6.92 Å². The lowest BCUT2D eigenvalue weighted by molar-refractivity contribution is 0.0531. The van der Waals surface area contributed by atoms with Crippen LogP contribution in [-0.2, 0) is 4.74 Å². The molecule has 0 aliphatic heterocycles. The fourth-order valence-corrected chi connectivity index (χ4v) is 1.35. The van der Waals surface area contributed by atoms with Crippen molar-refractivity contribution in [2.45, 2.75) is 6.92 Å².